The molecule has 0 aliphatic carbocycles. The first-order valence-corrected chi connectivity index (χ1v) is 6.60. The molecule has 0 aromatic heterocycles. The molecule has 106 valence electrons. The van der Waals surface area contributed by atoms with E-state index in [9.17, 15) is 9.59 Å². The van der Waals surface area contributed by atoms with Crippen LogP contribution < -0.4 is 0 Å². The van der Waals surface area contributed by atoms with Crippen molar-refractivity contribution in [1.29, 1.82) is 0 Å². The number of ether oxygens (including phenoxy) is 2. The summed E-state index contributed by atoms with van der Waals surface area (Å²) in [4.78, 5) is 23.8. The lowest BCUT2D eigenvalue weighted by atomic mass is 9.92. The van der Waals surface area contributed by atoms with Crippen molar-refractivity contribution >= 4 is 11.8 Å². The minimum absolute atomic E-state index is 0.00540. The first kappa shape index (κ1) is 17.1. The Morgan fingerprint density at radius 2 is 1.72 bits per heavy atom. The average Bonchev–Trinajstić information content (AvgIpc) is 2.25. The summed E-state index contributed by atoms with van der Waals surface area (Å²) in [5.41, 5.74) is -1.18. The zero-order valence-corrected chi connectivity index (χ0v) is 12.4. The van der Waals surface area contributed by atoms with Crippen LogP contribution in [0.2, 0.25) is 0 Å². The van der Waals surface area contributed by atoms with Crippen molar-refractivity contribution in [3.63, 3.8) is 0 Å². The van der Waals surface area contributed by atoms with Crippen molar-refractivity contribution in [2.45, 2.75) is 66.1 Å². The fourth-order valence-corrected chi connectivity index (χ4v) is 1.59. The highest BCUT2D eigenvalue weighted by Crippen LogP contribution is 2.20. The molecule has 0 radical (unpaired) electrons. The van der Waals surface area contributed by atoms with E-state index in [1.165, 1.54) is 0 Å². The van der Waals surface area contributed by atoms with E-state index < -0.39 is 5.60 Å². The number of carbonyl (C=O) groups is 2. The highest BCUT2D eigenvalue weighted by atomic mass is 16.6. The van der Waals surface area contributed by atoms with Gasteiger partial charge in [-0.3, -0.25) is 9.59 Å². The van der Waals surface area contributed by atoms with Crippen LogP contribution in [0.5, 0.6) is 0 Å². The van der Waals surface area contributed by atoms with E-state index in [1.807, 2.05) is 20.8 Å². The van der Waals surface area contributed by atoms with E-state index in [2.05, 4.69) is 0 Å². The average molecular weight is 258 g/mol. The highest BCUT2D eigenvalue weighted by Gasteiger charge is 2.39. The summed E-state index contributed by atoms with van der Waals surface area (Å²) in [5, 5.41) is 0. The molecule has 0 aromatic rings. The van der Waals surface area contributed by atoms with Crippen molar-refractivity contribution in [2.75, 3.05) is 6.61 Å². The van der Waals surface area contributed by atoms with Gasteiger partial charge in [-0.25, -0.2) is 0 Å². The molecule has 0 N–H and O–H groups in total. The fourth-order valence-electron chi connectivity index (χ4n) is 1.59. The van der Waals surface area contributed by atoms with Crippen LogP contribution in [0.25, 0.3) is 0 Å². The molecule has 0 aromatic carbocycles. The Morgan fingerprint density at radius 3 is 2.11 bits per heavy atom. The summed E-state index contributed by atoms with van der Waals surface area (Å²) in [5.74, 6) is -0.644. The lowest BCUT2D eigenvalue weighted by Gasteiger charge is -2.30. The Kier molecular flexibility index (Phi) is 7.14. The smallest absolute Gasteiger partial charge is 0.306 e. The minimum Gasteiger partial charge on any atom is -0.449 e. The summed E-state index contributed by atoms with van der Waals surface area (Å²) >= 11 is 0. The number of hydrogen-bond donors (Lipinski definition) is 0. The van der Waals surface area contributed by atoms with Gasteiger partial charge in [0, 0.05) is 12.3 Å². The molecule has 0 fully saturated rings. The molecule has 0 bridgehead atoms. The summed E-state index contributed by atoms with van der Waals surface area (Å²) in [7, 11) is 0. The van der Waals surface area contributed by atoms with E-state index in [1.54, 1.807) is 20.8 Å². The van der Waals surface area contributed by atoms with E-state index in [0.717, 1.165) is 0 Å². The summed E-state index contributed by atoms with van der Waals surface area (Å²) in [6.07, 6.45) is 1.02. The lowest BCUT2D eigenvalue weighted by molar-refractivity contribution is -0.175. The molecule has 1 unspecified atom stereocenters. The van der Waals surface area contributed by atoms with Crippen LogP contribution in [0, 0.1) is 5.92 Å². The van der Waals surface area contributed by atoms with Crippen molar-refractivity contribution in [3.8, 4) is 0 Å². The molecule has 0 saturated heterocycles. The van der Waals surface area contributed by atoms with Crippen molar-refractivity contribution in [3.05, 3.63) is 0 Å². The topological polar surface area (TPSA) is 52.6 Å². The third-order valence-electron chi connectivity index (χ3n) is 2.53. The molecule has 4 heteroatoms. The number of carbonyl (C=O) groups excluding carboxylic acids is 2. The first-order valence-electron chi connectivity index (χ1n) is 6.60. The zero-order chi connectivity index (χ0) is 14.3. The predicted molar refractivity (Wildman–Crippen MR) is 70.3 cm³/mol. The third kappa shape index (κ3) is 5.63. The van der Waals surface area contributed by atoms with Crippen molar-refractivity contribution in [2.24, 2.45) is 5.92 Å². The van der Waals surface area contributed by atoms with Crippen LogP contribution in [0.1, 0.15) is 54.4 Å². The molecule has 0 aliphatic rings. The normalized spacial score (nSPS) is 14.7. The molecular weight excluding hydrogens is 232 g/mol. The molecule has 0 heterocycles. The monoisotopic (exact) mass is 258 g/mol. The van der Waals surface area contributed by atoms with Gasteiger partial charge in [0.15, 0.2) is 11.4 Å². The molecular formula is C14H26O4. The van der Waals surface area contributed by atoms with Crippen LogP contribution >= 0.6 is 0 Å². The summed E-state index contributed by atoms with van der Waals surface area (Å²) in [6, 6.07) is 0. The van der Waals surface area contributed by atoms with Crippen LogP contribution in [-0.4, -0.2) is 30.1 Å². The van der Waals surface area contributed by atoms with E-state index in [-0.39, 0.29) is 30.4 Å². The maximum absolute atomic E-state index is 12.2. The second-order valence-corrected chi connectivity index (χ2v) is 5.33. The molecule has 0 amide bonds. The number of Topliss-reactive ketones (excluding diaryl/α,β-unsaturated/α-hetero) is 1. The number of hydrogen-bond acceptors (Lipinski definition) is 4. The van der Waals surface area contributed by atoms with Crippen LogP contribution in [0.3, 0.4) is 0 Å². The molecule has 0 saturated carbocycles. The molecule has 0 aliphatic heterocycles. The zero-order valence-electron chi connectivity index (χ0n) is 12.4. The maximum atomic E-state index is 12.2. The largest absolute Gasteiger partial charge is 0.449 e. The number of esters is 1. The van der Waals surface area contributed by atoms with Crippen LogP contribution in [0.15, 0.2) is 0 Å². The fraction of sp³-hybridized carbons (Fsp3) is 0.857. The van der Waals surface area contributed by atoms with Gasteiger partial charge in [0.05, 0.1) is 12.7 Å². The Hall–Kier alpha value is -0.900. The Bertz CT molecular complexity index is 284. The van der Waals surface area contributed by atoms with Gasteiger partial charge >= 0.3 is 5.97 Å². The van der Waals surface area contributed by atoms with Crippen molar-refractivity contribution < 1.29 is 19.1 Å². The molecule has 0 rings (SSSR count). The van der Waals surface area contributed by atoms with Gasteiger partial charge in [-0.1, -0.05) is 20.8 Å². The van der Waals surface area contributed by atoms with Gasteiger partial charge < -0.3 is 9.47 Å². The van der Waals surface area contributed by atoms with Crippen LogP contribution in [0.4, 0.5) is 0 Å². The summed E-state index contributed by atoms with van der Waals surface area (Å²) in [6.45, 7) is 11.0. The quantitative estimate of drug-likeness (QED) is 0.628. The Morgan fingerprint density at radius 1 is 1.17 bits per heavy atom. The van der Waals surface area contributed by atoms with Gasteiger partial charge in [0.1, 0.15) is 0 Å². The second kappa shape index (κ2) is 7.52. The molecule has 0 spiro atoms. The predicted octanol–water partition coefficient (Wildman–Crippen LogP) is 2.74. The SMILES string of the molecule is CCCC(=O)OC(C)(COC(C)C)C(=O)C(C)C. The van der Waals surface area contributed by atoms with Gasteiger partial charge in [0.25, 0.3) is 0 Å². The number of rotatable bonds is 8. The van der Waals surface area contributed by atoms with E-state index >= 15 is 0 Å². The number of ketones is 1. The summed E-state index contributed by atoms with van der Waals surface area (Å²) < 4.78 is 10.8. The highest BCUT2D eigenvalue weighted by molar-refractivity contribution is 5.90. The molecule has 1 atom stereocenters. The second-order valence-electron chi connectivity index (χ2n) is 5.33. The Labute approximate surface area is 110 Å². The minimum atomic E-state index is -1.18. The molecule has 4 nitrogen and oxygen atoms in total. The van der Waals surface area contributed by atoms with Crippen molar-refractivity contribution in [1.82, 2.24) is 0 Å². The van der Waals surface area contributed by atoms with Gasteiger partial charge in [-0.2, -0.15) is 0 Å². The van der Waals surface area contributed by atoms with E-state index in [0.29, 0.717) is 12.8 Å². The maximum Gasteiger partial charge on any atom is 0.306 e. The van der Waals surface area contributed by atoms with Gasteiger partial charge in [0.2, 0.25) is 0 Å². The van der Waals surface area contributed by atoms with E-state index in [4.69, 9.17) is 9.47 Å². The standard InChI is InChI=1S/C14H26O4/c1-7-8-12(15)18-14(6,9-17-11(4)5)13(16)10(2)3/h10-11H,7-9H2,1-6H3. The third-order valence-corrected chi connectivity index (χ3v) is 2.53. The Balaban J connectivity index is 4.79. The van der Waals surface area contributed by atoms with Crippen LogP contribution in [-0.2, 0) is 19.1 Å². The molecule has 18 heavy (non-hydrogen) atoms. The first-order chi connectivity index (χ1) is 8.23. The lowest BCUT2D eigenvalue weighted by Crippen LogP contribution is -2.47. The van der Waals surface area contributed by atoms with Gasteiger partial charge in [-0.05, 0) is 27.2 Å². The van der Waals surface area contributed by atoms with Gasteiger partial charge in [-0.15, -0.1) is 0 Å².